The molecule has 0 heterocycles. The second-order valence-corrected chi connectivity index (χ2v) is 2.37. The molecule has 74 valence electrons. The van der Waals surface area contributed by atoms with E-state index < -0.39 is 0 Å². The van der Waals surface area contributed by atoms with Crippen molar-refractivity contribution >= 4 is 11.9 Å². The minimum absolute atomic E-state index is 0.247. The molecule has 4 heteroatoms. The summed E-state index contributed by atoms with van der Waals surface area (Å²) in [6, 6.07) is 0. The average Bonchev–Trinajstić information content (AvgIpc) is 2.16. The third-order valence-corrected chi connectivity index (χ3v) is 1.42. The summed E-state index contributed by atoms with van der Waals surface area (Å²) >= 11 is 0. The average molecular weight is 186 g/mol. The first kappa shape index (κ1) is 11.7. The number of carbonyl (C=O) groups excluding carboxylic acids is 2. The molecule has 0 rings (SSSR count). The molecular weight excluding hydrogens is 172 g/mol. The third-order valence-electron chi connectivity index (χ3n) is 1.42. The first-order valence-electron chi connectivity index (χ1n) is 3.99. The minimum atomic E-state index is -0.283. The van der Waals surface area contributed by atoms with Crippen molar-refractivity contribution in [3.05, 3.63) is 12.2 Å². The lowest BCUT2D eigenvalue weighted by Gasteiger charge is -1.94. The van der Waals surface area contributed by atoms with Crippen LogP contribution in [0.2, 0.25) is 0 Å². The van der Waals surface area contributed by atoms with Gasteiger partial charge in [0.05, 0.1) is 20.6 Å². The van der Waals surface area contributed by atoms with E-state index in [1.54, 1.807) is 12.2 Å². The van der Waals surface area contributed by atoms with Gasteiger partial charge < -0.3 is 9.47 Å². The summed E-state index contributed by atoms with van der Waals surface area (Å²) in [5, 5.41) is 0. The molecule has 0 aromatic rings. The molecule has 0 amide bonds. The van der Waals surface area contributed by atoms with Crippen LogP contribution < -0.4 is 0 Å². The number of allylic oxidation sites excluding steroid dienone is 1. The van der Waals surface area contributed by atoms with Crippen molar-refractivity contribution in [3.8, 4) is 0 Å². The van der Waals surface area contributed by atoms with E-state index in [0.717, 1.165) is 0 Å². The first-order chi connectivity index (χ1) is 6.20. The van der Waals surface area contributed by atoms with Crippen LogP contribution in [0.5, 0.6) is 0 Å². The molecule has 0 spiro atoms. The molecule has 0 bridgehead atoms. The van der Waals surface area contributed by atoms with Crippen LogP contribution in [0.1, 0.15) is 19.3 Å². The Balaban J connectivity index is 3.42. The first-order valence-corrected chi connectivity index (χ1v) is 3.99. The van der Waals surface area contributed by atoms with Gasteiger partial charge in [-0.3, -0.25) is 9.59 Å². The molecule has 0 saturated heterocycles. The number of rotatable bonds is 5. The molecular formula is C9H14O4. The van der Waals surface area contributed by atoms with Crippen LogP contribution in [0, 0.1) is 0 Å². The Labute approximate surface area is 77.5 Å². The molecule has 0 aliphatic rings. The number of hydrogen-bond acceptors (Lipinski definition) is 4. The van der Waals surface area contributed by atoms with Gasteiger partial charge >= 0.3 is 11.9 Å². The smallest absolute Gasteiger partial charge is 0.309 e. The van der Waals surface area contributed by atoms with E-state index >= 15 is 0 Å². The molecule has 0 radical (unpaired) electrons. The maximum atomic E-state index is 10.6. The molecule has 0 aliphatic heterocycles. The highest BCUT2D eigenvalue weighted by molar-refractivity contribution is 5.71. The largest absolute Gasteiger partial charge is 0.469 e. The quantitative estimate of drug-likeness (QED) is 0.476. The zero-order valence-electron chi connectivity index (χ0n) is 7.91. The van der Waals surface area contributed by atoms with Gasteiger partial charge in [-0.25, -0.2) is 0 Å². The van der Waals surface area contributed by atoms with E-state index in [9.17, 15) is 9.59 Å². The topological polar surface area (TPSA) is 52.6 Å². The fourth-order valence-electron chi connectivity index (χ4n) is 0.684. The van der Waals surface area contributed by atoms with Gasteiger partial charge in [-0.1, -0.05) is 12.2 Å². The minimum Gasteiger partial charge on any atom is -0.469 e. The number of hydrogen-bond donors (Lipinski definition) is 0. The molecule has 0 aromatic carbocycles. The molecule has 0 unspecified atom stereocenters. The van der Waals surface area contributed by atoms with Crippen LogP contribution in [0.4, 0.5) is 0 Å². The number of methoxy groups -OCH3 is 2. The standard InChI is InChI=1S/C9H14O4/c1-12-8(10)6-4-3-5-7-9(11)13-2/h3-4H,5-7H2,1-2H3/b4-3+. The number of ether oxygens (including phenoxy) is 2. The molecule has 0 fully saturated rings. The van der Waals surface area contributed by atoms with Crippen molar-refractivity contribution in [2.75, 3.05) is 14.2 Å². The van der Waals surface area contributed by atoms with E-state index in [0.29, 0.717) is 12.8 Å². The van der Waals surface area contributed by atoms with Gasteiger partial charge in [0.15, 0.2) is 0 Å². The summed E-state index contributed by atoms with van der Waals surface area (Å²) in [7, 11) is 2.69. The lowest BCUT2D eigenvalue weighted by atomic mass is 10.2. The Morgan fingerprint density at radius 3 is 2.23 bits per heavy atom. The second kappa shape index (κ2) is 7.34. The predicted octanol–water partition coefficient (Wildman–Crippen LogP) is 1.06. The van der Waals surface area contributed by atoms with E-state index in [4.69, 9.17) is 0 Å². The summed E-state index contributed by atoms with van der Waals surface area (Å²) in [6.45, 7) is 0. The van der Waals surface area contributed by atoms with Crippen molar-refractivity contribution in [3.63, 3.8) is 0 Å². The van der Waals surface area contributed by atoms with Gasteiger partial charge in [0, 0.05) is 6.42 Å². The van der Waals surface area contributed by atoms with E-state index in [-0.39, 0.29) is 18.4 Å². The molecule has 4 nitrogen and oxygen atoms in total. The van der Waals surface area contributed by atoms with Gasteiger partial charge in [-0.05, 0) is 6.42 Å². The molecule has 13 heavy (non-hydrogen) atoms. The molecule has 0 aromatic heterocycles. The van der Waals surface area contributed by atoms with Gasteiger partial charge in [0.1, 0.15) is 0 Å². The Morgan fingerprint density at radius 1 is 1.08 bits per heavy atom. The van der Waals surface area contributed by atoms with Crippen molar-refractivity contribution in [1.82, 2.24) is 0 Å². The predicted molar refractivity (Wildman–Crippen MR) is 47.0 cm³/mol. The normalized spacial score (nSPS) is 10.0. The van der Waals surface area contributed by atoms with Crippen LogP contribution in [-0.4, -0.2) is 26.2 Å². The molecule has 0 atom stereocenters. The van der Waals surface area contributed by atoms with Gasteiger partial charge in [-0.15, -0.1) is 0 Å². The summed E-state index contributed by atoms with van der Waals surface area (Å²) in [5.74, 6) is -0.531. The van der Waals surface area contributed by atoms with Crippen LogP contribution >= 0.6 is 0 Å². The van der Waals surface area contributed by atoms with Crippen molar-refractivity contribution in [2.45, 2.75) is 19.3 Å². The summed E-state index contributed by atoms with van der Waals surface area (Å²) in [4.78, 5) is 21.2. The van der Waals surface area contributed by atoms with Gasteiger partial charge in [-0.2, -0.15) is 0 Å². The van der Waals surface area contributed by atoms with Crippen molar-refractivity contribution < 1.29 is 19.1 Å². The zero-order chi connectivity index (χ0) is 10.1. The Kier molecular flexibility index (Phi) is 6.59. The van der Waals surface area contributed by atoms with E-state index in [1.807, 2.05) is 0 Å². The summed E-state index contributed by atoms with van der Waals surface area (Å²) in [6.07, 6.45) is 4.61. The van der Waals surface area contributed by atoms with Crippen molar-refractivity contribution in [1.29, 1.82) is 0 Å². The Hall–Kier alpha value is -1.32. The summed E-state index contributed by atoms with van der Waals surface area (Å²) < 4.78 is 8.85. The SMILES string of the molecule is COC(=O)C/C=C/CCC(=O)OC. The maximum absolute atomic E-state index is 10.6. The lowest BCUT2D eigenvalue weighted by molar-refractivity contribution is -0.140. The summed E-state index contributed by atoms with van der Waals surface area (Å²) in [5.41, 5.74) is 0. The zero-order valence-corrected chi connectivity index (χ0v) is 7.91. The lowest BCUT2D eigenvalue weighted by Crippen LogP contribution is -1.99. The molecule has 0 N–H and O–H groups in total. The van der Waals surface area contributed by atoms with Crippen LogP contribution in [-0.2, 0) is 19.1 Å². The highest BCUT2D eigenvalue weighted by Crippen LogP contribution is 1.95. The van der Waals surface area contributed by atoms with Crippen LogP contribution in [0.25, 0.3) is 0 Å². The number of esters is 2. The Bertz CT molecular complexity index is 196. The highest BCUT2D eigenvalue weighted by Gasteiger charge is 1.97. The van der Waals surface area contributed by atoms with Crippen LogP contribution in [0.3, 0.4) is 0 Å². The highest BCUT2D eigenvalue weighted by atomic mass is 16.5. The van der Waals surface area contributed by atoms with E-state index in [1.165, 1.54) is 14.2 Å². The van der Waals surface area contributed by atoms with E-state index in [2.05, 4.69) is 9.47 Å². The maximum Gasteiger partial charge on any atom is 0.309 e. The van der Waals surface area contributed by atoms with Crippen LogP contribution in [0.15, 0.2) is 12.2 Å². The van der Waals surface area contributed by atoms with Gasteiger partial charge in [0.2, 0.25) is 0 Å². The van der Waals surface area contributed by atoms with Gasteiger partial charge in [0.25, 0.3) is 0 Å². The number of carbonyl (C=O) groups is 2. The second-order valence-electron chi connectivity index (χ2n) is 2.37. The fraction of sp³-hybridized carbons (Fsp3) is 0.556. The fourth-order valence-corrected chi connectivity index (χ4v) is 0.684. The monoisotopic (exact) mass is 186 g/mol. The Morgan fingerprint density at radius 2 is 1.69 bits per heavy atom. The molecule has 0 saturated carbocycles. The third kappa shape index (κ3) is 7.05. The van der Waals surface area contributed by atoms with Crippen molar-refractivity contribution in [2.24, 2.45) is 0 Å². The molecule has 0 aliphatic carbocycles.